The second kappa shape index (κ2) is 10.9. The first-order chi connectivity index (χ1) is 18.7. The Labute approximate surface area is 250 Å². The van der Waals surface area contributed by atoms with E-state index in [4.69, 9.17) is 4.74 Å². The monoisotopic (exact) mass is 708 g/mol. The maximum absolute atomic E-state index is 14.4. The number of Topliss-reactive ketones (excluding diaryl/α,β-unsaturated/α-hetero) is 1. The van der Waals surface area contributed by atoms with E-state index in [1.807, 2.05) is 6.92 Å². The first kappa shape index (κ1) is 33.0. The van der Waals surface area contributed by atoms with Gasteiger partial charge in [-0.3, -0.25) is 9.59 Å². The predicted molar refractivity (Wildman–Crippen MR) is 148 cm³/mol. The van der Waals surface area contributed by atoms with Crippen LogP contribution in [-0.4, -0.2) is 39.8 Å². The first-order valence-corrected chi connectivity index (χ1v) is 15.8. The largest absolute Gasteiger partial charge is 0.463 e. The van der Waals surface area contributed by atoms with Crippen LogP contribution in [0.1, 0.15) is 92.4 Å². The van der Waals surface area contributed by atoms with E-state index in [9.17, 15) is 40.3 Å². The zero-order valence-corrected chi connectivity index (χ0v) is 26.3. The molecule has 0 aromatic heterocycles. The summed E-state index contributed by atoms with van der Waals surface area (Å²) in [6.07, 6.45) is -8.89. The van der Waals surface area contributed by atoms with Gasteiger partial charge in [0.15, 0.2) is 5.78 Å². The fourth-order valence-corrected chi connectivity index (χ4v) is 10.6. The molecule has 4 rings (SSSR count). The zero-order chi connectivity index (χ0) is 30.9. The van der Waals surface area contributed by atoms with Crippen molar-refractivity contribution in [1.29, 1.82) is 0 Å². The van der Waals surface area contributed by atoms with Crippen molar-refractivity contribution >= 4 is 34.3 Å². The highest BCUT2D eigenvalue weighted by atomic mass is 127. The highest BCUT2D eigenvalue weighted by Crippen LogP contribution is 2.66. The molecule has 0 saturated heterocycles. The van der Waals surface area contributed by atoms with Gasteiger partial charge in [0.05, 0.1) is 0 Å². The molecule has 0 spiro atoms. The van der Waals surface area contributed by atoms with E-state index >= 15 is 0 Å². The number of halogens is 8. The smallest absolute Gasteiger partial charge is 0.431 e. The quantitative estimate of drug-likeness (QED) is 0.120. The van der Waals surface area contributed by atoms with Crippen LogP contribution in [0.15, 0.2) is 11.1 Å². The summed E-state index contributed by atoms with van der Waals surface area (Å²) >= 11 is 1.50. The molecule has 3 nitrogen and oxygen atoms in total. The number of rotatable bonds is 6. The number of ether oxygens (including phenoxy) is 1. The number of hydrogen-bond acceptors (Lipinski definition) is 3. The molecule has 3 fully saturated rings. The molecule has 0 bridgehead atoms. The topological polar surface area (TPSA) is 43.4 Å². The molecule has 0 amide bonds. The molecule has 0 radical (unpaired) electrons. The number of esters is 1. The van der Waals surface area contributed by atoms with Crippen LogP contribution in [0.2, 0.25) is 0 Å². The Kier molecular flexibility index (Phi) is 8.80. The van der Waals surface area contributed by atoms with Crippen LogP contribution in [0.4, 0.5) is 30.7 Å². The minimum atomic E-state index is -6.06. The van der Waals surface area contributed by atoms with Gasteiger partial charge in [-0.1, -0.05) is 55.9 Å². The average Bonchev–Trinajstić information content (AvgIpc) is 3.09. The van der Waals surface area contributed by atoms with Crippen LogP contribution in [0.25, 0.3) is 0 Å². The van der Waals surface area contributed by atoms with E-state index in [-0.39, 0.29) is 59.8 Å². The van der Waals surface area contributed by atoms with Crippen LogP contribution < -0.4 is 0 Å². The number of carbonyl (C=O) groups excluding carboxylic acids is 2. The minimum absolute atomic E-state index is 0.0296. The number of fused-ring (bicyclic) bond motifs is 4. The van der Waals surface area contributed by atoms with Gasteiger partial charge in [0.2, 0.25) is 0 Å². The third-order valence-electron chi connectivity index (χ3n) is 11.2. The summed E-state index contributed by atoms with van der Waals surface area (Å²) in [5.74, 6) is -0.154. The number of alkyl halides is 8. The van der Waals surface area contributed by atoms with Gasteiger partial charge < -0.3 is 4.74 Å². The van der Waals surface area contributed by atoms with E-state index < -0.39 is 33.8 Å². The van der Waals surface area contributed by atoms with Gasteiger partial charge in [-0.2, -0.15) is 26.3 Å². The second-order valence-corrected chi connectivity index (χ2v) is 15.5. The lowest BCUT2D eigenvalue weighted by Gasteiger charge is -2.58. The summed E-state index contributed by atoms with van der Waals surface area (Å²) in [4.78, 5) is 25.2. The molecular formula is C30H40F7IO3. The molecule has 4 aliphatic rings. The van der Waals surface area contributed by atoms with Crippen LogP contribution in [-0.2, 0) is 14.3 Å². The van der Waals surface area contributed by atoms with E-state index in [0.717, 1.165) is 37.7 Å². The van der Waals surface area contributed by atoms with Crippen molar-refractivity contribution in [1.82, 2.24) is 0 Å². The van der Waals surface area contributed by atoms with E-state index in [0.29, 0.717) is 12.3 Å². The fourth-order valence-electron chi connectivity index (χ4n) is 9.16. The molecule has 0 N–H and O–H groups in total. The summed E-state index contributed by atoms with van der Waals surface area (Å²) in [5.41, 5.74) is -3.82. The molecule has 0 aromatic rings. The van der Waals surface area contributed by atoms with Crippen LogP contribution >= 0.6 is 22.6 Å². The van der Waals surface area contributed by atoms with Gasteiger partial charge in [-0.05, 0) is 85.4 Å². The van der Waals surface area contributed by atoms with Crippen LogP contribution in [0.3, 0.4) is 0 Å². The normalized spacial score (nSPS) is 37.7. The lowest BCUT2D eigenvalue weighted by atomic mass is 9.47. The molecule has 0 heterocycles. The Hall–Kier alpha value is -0.880. The molecule has 3 saturated carbocycles. The molecule has 0 aromatic carbocycles. The average molecular weight is 709 g/mol. The van der Waals surface area contributed by atoms with Crippen molar-refractivity contribution in [2.24, 2.45) is 40.4 Å². The fraction of sp³-hybridized carbons (Fsp3) is 0.867. The first-order valence-electron chi connectivity index (χ1n) is 14.6. The summed E-state index contributed by atoms with van der Waals surface area (Å²) in [6, 6.07) is 0. The molecule has 41 heavy (non-hydrogen) atoms. The van der Waals surface area contributed by atoms with Crippen molar-refractivity contribution in [3.63, 3.8) is 0 Å². The van der Waals surface area contributed by atoms with Gasteiger partial charge in [-0.25, -0.2) is 4.39 Å². The Morgan fingerprint density at radius 3 is 2.22 bits per heavy atom. The van der Waals surface area contributed by atoms with E-state index in [1.54, 1.807) is 6.92 Å². The predicted octanol–water partition coefficient (Wildman–Crippen LogP) is 9.12. The van der Waals surface area contributed by atoms with Crippen LogP contribution in [0, 0.1) is 40.4 Å². The Bertz CT molecular complexity index is 1070. The summed E-state index contributed by atoms with van der Waals surface area (Å²) < 4.78 is 97.9. The highest BCUT2D eigenvalue weighted by molar-refractivity contribution is 14.1. The lowest BCUT2D eigenvalue weighted by Crippen LogP contribution is -2.54. The van der Waals surface area contributed by atoms with E-state index in [1.165, 1.54) is 35.1 Å². The third-order valence-corrected chi connectivity index (χ3v) is 12.1. The highest BCUT2D eigenvalue weighted by Gasteiger charge is 2.72. The van der Waals surface area contributed by atoms with Crippen molar-refractivity contribution in [3.8, 4) is 0 Å². The Morgan fingerprint density at radius 2 is 1.66 bits per heavy atom. The summed E-state index contributed by atoms with van der Waals surface area (Å²) in [6.45, 7) is 9.64. The summed E-state index contributed by atoms with van der Waals surface area (Å²) in [5, 5.41) is 0. The van der Waals surface area contributed by atoms with Gasteiger partial charge in [0, 0.05) is 29.3 Å². The number of hydrogen-bond donors (Lipinski definition) is 0. The molecule has 4 aliphatic carbocycles. The molecule has 0 aliphatic heterocycles. The maximum Gasteiger partial charge on any atom is 0.431 e. The SMILES string of the molecule is CC(=O)O[C@H]1CC[C@@]2(C)[C@H](C1)C[C@@H](C)C1=C3C(=O)C[C@H]([C@H](C)CC(I)CC(F)(C(F)(F)F)C(F)(F)F)[C@@]3(C)CC[C@@H]12. The molecule has 234 valence electrons. The van der Waals surface area contributed by atoms with Gasteiger partial charge in [-0.15, -0.1) is 0 Å². The van der Waals surface area contributed by atoms with Crippen molar-refractivity contribution in [3.05, 3.63) is 11.1 Å². The van der Waals surface area contributed by atoms with Crippen molar-refractivity contribution in [2.75, 3.05) is 0 Å². The molecule has 1 unspecified atom stereocenters. The Balaban J connectivity index is 1.57. The number of allylic oxidation sites excluding steroid dienone is 2. The lowest BCUT2D eigenvalue weighted by molar-refractivity contribution is -0.343. The van der Waals surface area contributed by atoms with E-state index in [2.05, 4.69) is 13.8 Å². The van der Waals surface area contributed by atoms with Crippen molar-refractivity contribution in [2.45, 2.75) is 120 Å². The molecule has 11 heteroatoms. The van der Waals surface area contributed by atoms with Crippen LogP contribution in [0.5, 0.6) is 0 Å². The van der Waals surface area contributed by atoms with Gasteiger partial charge in [0.25, 0.3) is 5.67 Å². The molecular weight excluding hydrogens is 668 g/mol. The Morgan fingerprint density at radius 1 is 1.05 bits per heavy atom. The number of carbonyl (C=O) groups is 2. The zero-order valence-electron chi connectivity index (χ0n) is 24.2. The standard InChI is InChI=1S/C30H40F7IO3/c1-15(11-19(38)14-28(31,29(32,33)34)30(35,36)37)22-13-23(40)25-24-16(2)10-18-12-20(41-17(3)39)6-8-26(18,4)21(24)7-9-27(22,25)5/h15-16,18-22H,6-14H2,1-5H3/t15-,16-,18+,19?,20+,21+,22-,26+,27-/m1/s1. The number of ketones is 1. The second-order valence-electron chi connectivity index (χ2n) is 13.7. The van der Waals surface area contributed by atoms with Gasteiger partial charge >= 0.3 is 18.3 Å². The third kappa shape index (κ3) is 5.60. The molecule has 9 atom stereocenters. The maximum atomic E-state index is 14.4. The summed E-state index contributed by atoms with van der Waals surface area (Å²) in [7, 11) is 0. The van der Waals surface area contributed by atoms with Gasteiger partial charge in [0.1, 0.15) is 6.10 Å². The van der Waals surface area contributed by atoms with Crippen molar-refractivity contribution < 1.29 is 45.1 Å². The minimum Gasteiger partial charge on any atom is -0.463 e.